The maximum atomic E-state index is 12.2. The van der Waals surface area contributed by atoms with Crippen LogP contribution in [0, 0.1) is 0 Å². The molecule has 0 rings (SSSR count). The van der Waals surface area contributed by atoms with Gasteiger partial charge in [0.25, 0.3) is 0 Å². The smallest absolute Gasteiger partial charge is 0.306 e. The molecule has 0 aromatic heterocycles. The summed E-state index contributed by atoms with van der Waals surface area (Å²) in [5, 5.41) is 9.64. The third-order valence-electron chi connectivity index (χ3n) is 11.0. The van der Waals surface area contributed by atoms with Crippen LogP contribution in [0.3, 0.4) is 0 Å². The summed E-state index contributed by atoms with van der Waals surface area (Å²) in [6, 6.07) is 0. The summed E-state index contributed by atoms with van der Waals surface area (Å²) >= 11 is 0. The van der Waals surface area contributed by atoms with E-state index >= 15 is 0 Å². The van der Waals surface area contributed by atoms with Gasteiger partial charge in [-0.2, -0.15) is 0 Å². The highest BCUT2D eigenvalue weighted by atomic mass is 16.6. The lowest BCUT2D eigenvalue weighted by Crippen LogP contribution is -2.27. The van der Waals surface area contributed by atoms with Gasteiger partial charge in [0.2, 0.25) is 0 Å². The van der Waals surface area contributed by atoms with Crippen LogP contribution in [0.4, 0.5) is 0 Å². The minimum absolute atomic E-state index is 0.168. The highest BCUT2D eigenvalue weighted by molar-refractivity contribution is 5.69. The molecule has 0 aromatic rings. The molecule has 0 saturated heterocycles. The van der Waals surface area contributed by atoms with E-state index in [1.807, 2.05) is 0 Å². The lowest BCUT2D eigenvalue weighted by Gasteiger charge is -2.16. The van der Waals surface area contributed by atoms with E-state index < -0.39 is 6.10 Å². The number of aliphatic hydroxyl groups excluding tert-OH is 1. The molecule has 0 radical (unpaired) electrons. The van der Waals surface area contributed by atoms with Crippen LogP contribution in [0.25, 0.3) is 0 Å². The average Bonchev–Trinajstić information content (AvgIpc) is 3.18. The number of unbranched alkanes of at least 4 members (excludes halogenated alkanes) is 34. The molecule has 0 saturated carbocycles. The molecule has 320 valence electrons. The molecular formula is C50H96O4. The first-order valence-corrected chi connectivity index (χ1v) is 24.4. The molecule has 0 aliphatic heterocycles. The highest BCUT2D eigenvalue weighted by Gasteiger charge is 2.13. The van der Waals surface area contributed by atoms with E-state index in [1.165, 1.54) is 218 Å². The summed E-state index contributed by atoms with van der Waals surface area (Å²) in [6.45, 7) is 5.38. The monoisotopic (exact) mass is 761 g/mol. The predicted molar refractivity (Wildman–Crippen MR) is 237 cm³/mol. The molecule has 1 N–H and O–H groups in total. The Bertz CT molecular complexity index is 762. The largest absolute Gasteiger partial charge is 0.457 e. The van der Waals surface area contributed by atoms with E-state index in [-0.39, 0.29) is 12.6 Å². The van der Waals surface area contributed by atoms with Crippen LogP contribution in [0.5, 0.6) is 0 Å². The van der Waals surface area contributed by atoms with E-state index in [4.69, 9.17) is 9.47 Å². The van der Waals surface area contributed by atoms with Crippen LogP contribution in [-0.4, -0.2) is 37.0 Å². The molecule has 4 nitrogen and oxygen atoms in total. The molecule has 0 bridgehead atoms. The van der Waals surface area contributed by atoms with Crippen molar-refractivity contribution in [3.63, 3.8) is 0 Å². The second-order valence-corrected chi connectivity index (χ2v) is 16.5. The maximum absolute atomic E-state index is 12.2. The number of carbonyl (C=O) groups is 1. The van der Waals surface area contributed by atoms with Gasteiger partial charge in [-0.25, -0.2) is 0 Å². The Hall–Kier alpha value is -1.13. The van der Waals surface area contributed by atoms with Gasteiger partial charge >= 0.3 is 5.97 Å². The zero-order chi connectivity index (χ0) is 39.1. The second-order valence-electron chi connectivity index (χ2n) is 16.5. The number of esters is 1. The van der Waals surface area contributed by atoms with E-state index in [2.05, 4.69) is 38.2 Å². The molecule has 54 heavy (non-hydrogen) atoms. The van der Waals surface area contributed by atoms with Crippen molar-refractivity contribution in [2.75, 3.05) is 19.8 Å². The maximum Gasteiger partial charge on any atom is 0.306 e. The third kappa shape index (κ3) is 45.3. The number of carbonyl (C=O) groups excluding carboxylic acids is 1. The van der Waals surface area contributed by atoms with Crippen LogP contribution in [-0.2, 0) is 14.3 Å². The first-order chi connectivity index (χ1) is 26.7. The van der Waals surface area contributed by atoms with Crippen molar-refractivity contribution in [2.45, 2.75) is 270 Å². The van der Waals surface area contributed by atoms with Gasteiger partial charge in [-0.05, 0) is 44.9 Å². The highest BCUT2D eigenvalue weighted by Crippen LogP contribution is 2.16. The number of hydrogen-bond acceptors (Lipinski definition) is 4. The van der Waals surface area contributed by atoms with Crippen molar-refractivity contribution < 1.29 is 19.4 Å². The minimum atomic E-state index is -0.532. The van der Waals surface area contributed by atoms with Crippen LogP contribution in [0.15, 0.2) is 24.3 Å². The zero-order valence-corrected chi connectivity index (χ0v) is 36.8. The third-order valence-corrected chi connectivity index (χ3v) is 11.0. The summed E-state index contributed by atoms with van der Waals surface area (Å²) in [7, 11) is 0. The average molecular weight is 761 g/mol. The molecule has 1 unspecified atom stereocenters. The summed E-state index contributed by atoms with van der Waals surface area (Å²) < 4.78 is 11.2. The summed E-state index contributed by atoms with van der Waals surface area (Å²) in [5.74, 6) is -0.195. The van der Waals surface area contributed by atoms with Gasteiger partial charge in [0.1, 0.15) is 6.10 Å². The number of rotatable bonds is 46. The fraction of sp³-hybridized carbons (Fsp3) is 0.900. The van der Waals surface area contributed by atoms with Crippen molar-refractivity contribution in [3.8, 4) is 0 Å². The number of aliphatic hydroxyl groups is 1. The summed E-state index contributed by atoms with van der Waals surface area (Å²) in [5.41, 5.74) is 0. The molecule has 0 heterocycles. The summed E-state index contributed by atoms with van der Waals surface area (Å²) in [6.07, 6.45) is 59.7. The summed E-state index contributed by atoms with van der Waals surface area (Å²) in [4.78, 5) is 12.2. The van der Waals surface area contributed by atoms with Gasteiger partial charge in [0, 0.05) is 13.0 Å². The van der Waals surface area contributed by atoms with Crippen molar-refractivity contribution >= 4 is 5.97 Å². The van der Waals surface area contributed by atoms with Crippen molar-refractivity contribution in [3.05, 3.63) is 24.3 Å². The first kappa shape index (κ1) is 52.9. The van der Waals surface area contributed by atoms with Gasteiger partial charge in [-0.1, -0.05) is 237 Å². The quantitative estimate of drug-likeness (QED) is 0.0381. The Kier molecular flexibility index (Phi) is 47.0. The normalized spacial score (nSPS) is 12.4. The van der Waals surface area contributed by atoms with Gasteiger partial charge in [0.15, 0.2) is 0 Å². The lowest BCUT2D eigenvalue weighted by atomic mass is 10.0. The van der Waals surface area contributed by atoms with Crippen molar-refractivity contribution in [1.82, 2.24) is 0 Å². The van der Waals surface area contributed by atoms with Gasteiger partial charge < -0.3 is 14.6 Å². The molecule has 4 heteroatoms. The number of hydrogen-bond donors (Lipinski definition) is 1. The van der Waals surface area contributed by atoms with Crippen molar-refractivity contribution in [2.24, 2.45) is 0 Å². The van der Waals surface area contributed by atoms with Crippen LogP contribution < -0.4 is 0 Å². The molecule has 1 atom stereocenters. The Balaban J connectivity index is 3.38. The van der Waals surface area contributed by atoms with Gasteiger partial charge in [-0.3, -0.25) is 4.79 Å². The zero-order valence-electron chi connectivity index (χ0n) is 36.8. The molecule has 0 amide bonds. The van der Waals surface area contributed by atoms with Crippen molar-refractivity contribution in [1.29, 1.82) is 0 Å². The molecule has 0 fully saturated rings. The Morgan fingerprint density at radius 2 is 0.778 bits per heavy atom. The first-order valence-electron chi connectivity index (χ1n) is 24.4. The molecular weight excluding hydrogens is 665 g/mol. The fourth-order valence-electron chi connectivity index (χ4n) is 7.36. The second kappa shape index (κ2) is 48.0. The Morgan fingerprint density at radius 3 is 1.15 bits per heavy atom. The lowest BCUT2D eigenvalue weighted by molar-refractivity contribution is -0.154. The molecule has 0 aliphatic rings. The number of ether oxygens (including phenoxy) is 2. The molecule has 0 aromatic carbocycles. The predicted octanol–water partition coefficient (Wildman–Crippen LogP) is 16.3. The molecule has 0 aliphatic carbocycles. The topological polar surface area (TPSA) is 55.8 Å². The van der Waals surface area contributed by atoms with E-state index in [0.717, 1.165) is 25.7 Å². The standard InChI is InChI=1S/C50H96O4/c1-3-5-7-9-11-13-15-17-19-21-23-25-26-28-30-32-34-36-38-40-42-44-46-53-48-49(47-51)54-50(52)45-43-41-39-37-35-33-31-29-27-24-22-20-18-16-14-12-10-8-6-4-2/h15,17,21,23,49,51H,3-14,16,18-20,22,24-48H2,1-2H3/b17-15-,23-21-. The van der Waals surface area contributed by atoms with Gasteiger partial charge in [0.05, 0.1) is 13.2 Å². The van der Waals surface area contributed by atoms with E-state index in [9.17, 15) is 9.90 Å². The number of allylic oxidation sites excluding steroid dienone is 4. The SMILES string of the molecule is CCCCCCC/C=C\C/C=C\CCCCCCCCCCCCOCC(CO)OC(=O)CCCCCCCCCCCCCCCCCCCCCC. The van der Waals surface area contributed by atoms with Crippen LogP contribution in [0.2, 0.25) is 0 Å². The van der Waals surface area contributed by atoms with Crippen LogP contribution >= 0.6 is 0 Å². The van der Waals surface area contributed by atoms with Gasteiger partial charge in [-0.15, -0.1) is 0 Å². The minimum Gasteiger partial charge on any atom is -0.457 e. The van der Waals surface area contributed by atoms with E-state index in [0.29, 0.717) is 19.6 Å². The van der Waals surface area contributed by atoms with Crippen LogP contribution in [0.1, 0.15) is 264 Å². The Morgan fingerprint density at radius 1 is 0.444 bits per heavy atom. The van der Waals surface area contributed by atoms with E-state index in [1.54, 1.807) is 0 Å². The fourth-order valence-corrected chi connectivity index (χ4v) is 7.36. The molecule has 0 spiro atoms. The Labute approximate surface area is 338 Å².